The zero-order chi connectivity index (χ0) is 19.0. The van der Waals surface area contributed by atoms with Crippen LogP contribution in [0.15, 0.2) is 24.3 Å². The molecule has 1 N–H and O–H groups in total. The molecule has 3 fully saturated rings. The molecule has 27 heavy (non-hydrogen) atoms. The number of carbonyl (C=O) groups is 3. The van der Waals surface area contributed by atoms with E-state index in [9.17, 15) is 14.4 Å². The molecule has 6 heteroatoms. The summed E-state index contributed by atoms with van der Waals surface area (Å²) in [4.78, 5) is 36.8. The minimum Gasteiger partial charge on any atom is -0.462 e. The fourth-order valence-electron chi connectivity index (χ4n) is 4.88. The average molecular weight is 371 g/mol. The van der Waals surface area contributed by atoms with Crippen molar-refractivity contribution in [3.05, 3.63) is 29.8 Å². The Bertz CT molecular complexity index is 741. The predicted octanol–water partition coefficient (Wildman–Crippen LogP) is 3.17. The Kier molecular flexibility index (Phi) is 4.89. The highest BCUT2D eigenvalue weighted by Crippen LogP contribution is 2.57. The van der Waals surface area contributed by atoms with Gasteiger partial charge in [-0.15, -0.1) is 0 Å². The van der Waals surface area contributed by atoms with Crippen LogP contribution >= 0.6 is 0 Å². The van der Waals surface area contributed by atoms with Gasteiger partial charge in [0, 0.05) is 11.6 Å². The molecule has 5 atom stereocenters. The lowest BCUT2D eigenvalue weighted by Crippen LogP contribution is -2.35. The van der Waals surface area contributed by atoms with E-state index in [0.29, 0.717) is 17.9 Å². The smallest absolute Gasteiger partial charge is 0.338 e. The molecular formula is C21H25NO5. The van der Waals surface area contributed by atoms with Crippen LogP contribution in [0.3, 0.4) is 0 Å². The molecule has 4 rings (SSSR count). The molecule has 144 valence electrons. The van der Waals surface area contributed by atoms with E-state index >= 15 is 0 Å². The van der Waals surface area contributed by atoms with E-state index in [1.807, 2.05) is 0 Å². The zero-order valence-corrected chi connectivity index (χ0v) is 15.5. The van der Waals surface area contributed by atoms with Crippen LogP contribution in [0.2, 0.25) is 0 Å². The topological polar surface area (TPSA) is 81.7 Å². The number of unbranched alkanes of at least 4 members (excludes halogenated alkanes) is 2. The molecule has 1 heterocycles. The van der Waals surface area contributed by atoms with E-state index in [-0.39, 0.29) is 47.6 Å². The van der Waals surface area contributed by atoms with Crippen LogP contribution in [0, 0.1) is 23.7 Å². The molecule has 2 aliphatic carbocycles. The molecule has 3 aliphatic rings. The lowest BCUT2D eigenvalue weighted by molar-refractivity contribution is -0.145. The van der Waals surface area contributed by atoms with Crippen LogP contribution in [0.4, 0.5) is 5.69 Å². The van der Waals surface area contributed by atoms with Crippen molar-refractivity contribution in [2.24, 2.45) is 23.7 Å². The summed E-state index contributed by atoms with van der Waals surface area (Å²) in [5.41, 5.74) is 1.08. The Morgan fingerprint density at radius 1 is 1.19 bits per heavy atom. The Morgan fingerprint density at radius 2 is 1.96 bits per heavy atom. The largest absolute Gasteiger partial charge is 0.462 e. The van der Waals surface area contributed by atoms with Gasteiger partial charge >= 0.3 is 11.9 Å². The number of benzene rings is 1. The average Bonchev–Trinajstić information content (AvgIpc) is 3.28. The molecule has 1 aliphatic heterocycles. The van der Waals surface area contributed by atoms with Crippen LogP contribution < -0.4 is 5.32 Å². The van der Waals surface area contributed by atoms with Gasteiger partial charge in [0.25, 0.3) is 0 Å². The second kappa shape index (κ2) is 7.33. The molecule has 0 spiro atoms. The van der Waals surface area contributed by atoms with Gasteiger partial charge < -0.3 is 14.8 Å². The number of amides is 1. The summed E-state index contributed by atoms with van der Waals surface area (Å²) in [7, 11) is 0. The maximum atomic E-state index is 12.7. The maximum Gasteiger partial charge on any atom is 0.338 e. The Labute approximate surface area is 158 Å². The van der Waals surface area contributed by atoms with Crippen molar-refractivity contribution in [3.63, 3.8) is 0 Å². The van der Waals surface area contributed by atoms with E-state index in [0.717, 1.165) is 32.1 Å². The molecular weight excluding hydrogens is 346 g/mol. The van der Waals surface area contributed by atoms with Crippen LogP contribution in [-0.2, 0) is 19.1 Å². The van der Waals surface area contributed by atoms with Crippen molar-refractivity contribution in [2.45, 2.75) is 45.1 Å². The van der Waals surface area contributed by atoms with Crippen LogP contribution in [0.25, 0.3) is 0 Å². The van der Waals surface area contributed by atoms with Crippen LogP contribution in [0.1, 0.15) is 49.4 Å². The maximum absolute atomic E-state index is 12.7. The van der Waals surface area contributed by atoms with Crippen molar-refractivity contribution in [3.8, 4) is 0 Å². The minimum atomic E-state index is -0.350. The Morgan fingerprint density at radius 3 is 2.70 bits per heavy atom. The number of fused-ring (bicyclic) bond motifs is 1. The molecule has 1 saturated heterocycles. The van der Waals surface area contributed by atoms with Crippen molar-refractivity contribution >= 4 is 23.5 Å². The van der Waals surface area contributed by atoms with Gasteiger partial charge in [0.05, 0.1) is 24.0 Å². The first-order valence-electron chi connectivity index (χ1n) is 9.87. The second-order valence-corrected chi connectivity index (χ2v) is 7.83. The van der Waals surface area contributed by atoms with Gasteiger partial charge in [-0.1, -0.05) is 19.8 Å². The van der Waals surface area contributed by atoms with E-state index in [1.54, 1.807) is 24.3 Å². The monoisotopic (exact) mass is 371 g/mol. The first-order chi connectivity index (χ1) is 13.1. The first-order valence-corrected chi connectivity index (χ1v) is 9.87. The van der Waals surface area contributed by atoms with Gasteiger partial charge in [-0.05, 0) is 49.4 Å². The fraction of sp³-hybridized carbons (Fsp3) is 0.571. The molecule has 1 amide bonds. The number of hydrogen-bond donors (Lipinski definition) is 1. The highest BCUT2D eigenvalue weighted by molar-refractivity contribution is 5.97. The van der Waals surface area contributed by atoms with Gasteiger partial charge in [0.1, 0.15) is 6.10 Å². The fourth-order valence-corrected chi connectivity index (χ4v) is 4.88. The van der Waals surface area contributed by atoms with Crippen LogP contribution in [0.5, 0.6) is 0 Å². The van der Waals surface area contributed by atoms with Crippen LogP contribution in [-0.4, -0.2) is 30.6 Å². The Hall–Kier alpha value is -2.37. The van der Waals surface area contributed by atoms with Gasteiger partial charge in [0.2, 0.25) is 5.91 Å². The zero-order valence-electron chi connectivity index (χ0n) is 15.5. The van der Waals surface area contributed by atoms with E-state index in [2.05, 4.69) is 12.2 Å². The summed E-state index contributed by atoms with van der Waals surface area (Å²) in [5.74, 6) is -0.838. The third kappa shape index (κ3) is 3.33. The highest BCUT2D eigenvalue weighted by atomic mass is 16.6. The molecule has 2 saturated carbocycles. The number of nitrogens with one attached hydrogen (secondary N) is 1. The van der Waals surface area contributed by atoms with E-state index in [1.165, 1.54) is 0 Å². The van der Waals surface area contributed by atoms with Crippen molar-refractivity contribution in [1.82, 2.24) is 0 Å². The van der Waals surface area contributed by atoms with Crippen molar-refractivity contribution < 1.29 is 23.9 Å². The molecule has 0 unspecified atom stereocenters. The standard InChI is InChI=1S/C21H25NO5/c1-2-3-4-9-26-20(24)12-5-7-14(8-6-12)22-19(23)17-13-10-15-16(11-13)27-21(25)18(15)17/h5-8,13,15-18H,2-4,9-11H2,1H3,(H,22,23)/t13-,15+,16-,17+,18+/m1/s1. The SMILES string of the molecule is CCCCCOC(=O)c1ccc(NC(=O)[C@H]2[C@@H]3C[C@@H]4[C@@H]2C(=O)O[C@@H]4C3)cc1. The van der Waals surface area contributed by atoms with Gasteiger partial charge in [-0.25, -0.2) is 4.79 Å². The molecule has 6 nitrogen and oxygen atoms in total. The van der Waals surface area contributed by atoms with Crippen molar-refractivity contribution in [1.29, 1.82) is 0 Å². The number of rotatable bonds is 7. The summed E-state index contributed by atoms with van der Waals surface area (Å²) in [6.07, 6.45) is 4.71. The lowest BCUT2D eigenvalue weighted by atomic mass is 9.79. The Balaban J connectivity index is 1.34. The molecule has 0 aromatic heterocycles. The number of carbonyl (C=O) groups excluding carboxylic acids is 3. The molecule has 0 radical (unpaired) electrons. The molecule has 2 bridgehead atoms. The van der Waals surface area contributed by atoms with Gasteiger partial charge in [-0.3, -0.25) is 9.59 Å². The first kappa shape index (κ1) is 18.0. The number of hydrogen-bond acceptors (Lipinski definition) is 5. The number of anilines is 1. The second-order valence-electron chi connectivity index (χ2n) is 7.83. The van der Waals surface area contributed by atoms with Crippen molar-refractivity contribution in [2.75, 3.05) is 11.9 Å². The van der Waals surface area contributed by atoms with E-state index < -0.39 is 0 Å². The molecule has 1 aromatic rings. The van der Waals surface area contributed by atoms with Gasteiger partial charge in [-0.2, -0.15) is 0 Å². The highest BCUT2D eigenvalue weighted by Gasteiger charge is 2.63. The van der Waals surface area contributed by atoms with Gasteiger partial charge in [0.15, 0.2) is 0 Å². The number of esters is 2. The summed E-state index contributed by atoms with van der Waals surface area (Å²) < 4.78 is 10.6. The predicted molar refractivity (Wildman–Crippen MR) is 98.0 cm³/mol. The quantitative estimate of drug-likeness (QED) is 0.588. The summed E-state index contributed by atoms with van der Waals surface area (Å²) in [6, 6.07) is 6.70. The molecule has 1 aromatic carbocycles. The third-order valence-electron chi connectivity index (χ3n) is 6.16. The summed E-state index contributed by atoms with van der Waals surface area (Å²) in [6.45, 7) is 2.52. The third-order valence-corrected chi connectivity index (χ3v) is 6.16. The summed E-state index contributed by atoms with van der Waals surface area (Å²) >= 11 is 0. The van der Waals surface area contributed by atoms with E-state index in [4.69, 9.17) is 9.47 Å². The normalized spacial score (nSPS) is 30.3. The minimum absolute atomic E-state index is 0.0270. The summed E-state index contributed by atoms with van der Waals surface area (Å²) in [5, 5.41) is 2.90. The lowest BCUT2D eigenvalue weighted by Gasteiger charge is -2.23. The number of ether oxygens (including phenoxy) is 2.